The predicted octanol–water partition coefficient (Wildman–Crippen LogP) is 3.76. The smallest absolute Gasteiger partial charge is 0.224 e. The first-order chi connectivity index (χ1) is 14.7. The molecule has 30 heavy (non-hydrogen) atoms. The largest absolute Gasteiger partial charge is 0.349 e. The van der Waals surface area contributed by atoms with Gasteiger partial charge in [0.15, 0.2) is 0 Å². The standard InChI is InChI=1S/C24H27FN4O/c25-19-8-9-21-22(12-19)28-23(27-21)13-26-24(30)18-10-11-29(15-18)14-17-6-3-5-16-4-1-2-7-20(16)17/h1-2,4,7-9,12,17-18H,3,5-6,10-11,13-15H2,(H,26,30)(H,27,28)/t17-,18+/m0/s1. The van der Waals surface area contributed by atoms with Crippen LogP contribution in [0.4, 0.5) is 4.39 Å². The van der Waals surface area contributed by atoms with E-state index in [0.717, 1.165) is 26.1 Å². The summed E-state index contributed by atoms with van der Waals surface area (Å²) in [5.74, 6) is 1.03. The summed E-state index contributed by atoms with van der Waals surface area (Å²) >= 11 is 0. The van der Waals surface area contributed by atoms with Gasteiger partial charge in [0.1, 0.15) is 11.6 Å². The van der Waals surface area contributed by atoms with Crippen LogP contribution in [0.1, 0.15) is 42.1 Å². The van der Waals surface area contributed by atoms with E-state index in [-0.39, 0.29) is 17.6 Å². The molecule has 1 saturated heterocycles. The van der Waals surface area contributed by atoms with Crippen LogP contribution in [0.15, 0.2) is 42.5 Å². The number of nitrogens with zero attached hydrogens (tertiary/aromatic N) is 2. The number of aromatic nitrogens is 2. The molecular formula is C24H27FN4O. The number of amides is 1. The molecule has 1 amide bonds. The van der Waals surface area contributed by atoms with Gasteiger partial charge in [-0.25, -0.2) is 9.37 Å². The van der Waals surface area contributed by atoms with Crippen LogP contribution < -0.4 is 5.32 Å². The number of likely N-dealkylation sites (tertiary alicyclic amines) is 1. The summed E-state index contributed by atoms with van der Waals surface area (Å²) in [6, 6.07) is 13.3. The average Bonchev–Trinajstić information content (AvgIpc) is 3.39. The average molecular weight is 407 g/mol. The topological polar surface area (TPSA) is 61.0 Å². The highest BCUT2D eigenvalue weighted by molar-refractivity contribution is 5.79. The van der Waals surface area contributed by atoms with Crippen LogP contribution in [-0.4, -0.2) is 40.4 Å². The highest BCUT2D eigenvalue weighted by Crippen LogP contribution is 2.33. The molecule has 2 N–H and O–H groups in total. The Morgan fingerprint density at radius 2 is 2.13 bits per heavy atom. The molecule has 3 aromatic rings. The molecule has 0 radical (unpaired) electrons. The number of carbonyl (C=O) groups excluding carboxylic acids is 1. The molecule has 5 nitrogen and oxygen atoms in total. The lowest BCUT2D eigenvalue weighted by atomic mass is 9.82. The van der Waals surface area contributed by atoms with Gasteiger partial charge in [0.25, 0.3) is 0 Å². The van der Waals surface area contributed by atoms with E-state index in [9.17, 15) is 9.18 Å². The van der Waals surface area contributed by atoms with Crippen LogP contribution >= 0.6 is 0 Å². The highest BCUT2D eigenvalue weighted by atomic mass is 19.1. The summed E-state index contributed by atoms with van der Waals surface area (Å²) < 4.78 is 13.3. The van der Waals surface area contributed by atoms with Gasteiger partial charge in [-0.3, -0.25) is 4.79 Å². The van der Waals surface area contributed by atoms with Crippen molar-refractivity contribution in [2.75, 3.05) is 19.6 Å². The number of H-pyrrole nitrogens is 1. The van der Waals surface area contributed by atoms with Gasteiger partial charge < -0.3 is 15.2 Å². The molecule has 1 aromatic heterocycles. The summed E-state index contributed by atoms with van der Waals surface area (Å²) in [5.41, 5.74) is 4.35. The highest BCUT2D eigenvalue weighted by Gasteiger charge is 2.31. The van der Waals surface area contributed by atoms with Crippen molar-refractivity contribution in [2.45, 2.75) is 38.1 Å². The van der Waals surface area contributed by atoms with Crippen molar-refractivity contribution in [2.24, 2.45) is 5.92 Å². The van der Waals surface area contributed by atoms with Crippen molar-refractivity contribution in [3.63, 3.8) is 0 Å². The first kappa shape index (κ1) is 19.2. The maximum Gasteiger partial charge on any atom is 0.224 e. The Morgan fingerprint density at radius 1 is 1.23 bits per heavy atom. The van der Waals surface area contributed by atoms with E-state index in [1.165, 1.54) is 42.5 Å². The summed E-state index contributed by atoms with van der Waals surface area (Å²) in [4.78, 5) is 22.6. The summed E-state index contributed by atoms with van der Waals surface area (Å²) in [6.45, 7) is 3.16. The minimum Gasteiger partial charge on any atom is -0.349 e. The normalized spacial score (nSPS) is 21.6. The number of benzene rings is 2. The summed E-state index contributed by atoms with van der Waals surface area (Å²) in [7, 11) is 0. The second-order valence-electron chi connectivity index (χ2n) is 8.60. The molecule has 1 aliphatic heterocycles. The quantitative estimate of drug-likeness (QED) is 0.678. The number of carbonyl (C=O) groups is 1. The van der Waals surface area contributed by atoms with E-state index in [1.807, 2.05) is 0 Å². The van der Waals surface area contributed by atoms with Crippen molar-refractivity contribution in [3.8, 4) is 0 Å². The van der Waals surface area contributed by atoms with E-state index in [1.54, 1.807) is 6.07 Å². The van der Waals surface area contributed by atoms with Crippen molar-refractivity contribution < 1.29 is 9.18 Å². The molecule has 2 atom stereocenters. The van der Waals surface area contributed by atoms with Crippen molar-refractivity contribution in [1.82, 2.24) is 20.2 Å². The third kappa shape index (κ3) is 3.97. The molecule has 0 saturated carbocycles. The number of fused-ring (bicyclic) bond motifs is 2. The van der Waals surface area contributed by atoms with Crippen LogP contribution in [0.5, 0.6) is 0 Å². The molecule has 0 spiro atoms. The minimum atomic E-state index is -0.298. The number of imidazole rings is 1. The third-order valence-electron chi connectivity index (χ3n) is 6.54. The second-order valence-corrected chi connectivity index (χ2v) is 8.60. The van der Waals surface area contributed by atoms with Crippen molar-refractivity contribution >= 4 is 16.9 Å². The number of halogens is 1. The van der Waals surface area contributed by atoms with E-state index < -0.39 is 0 Å². The predicted molar refractivity (Wildman–Crippen MR) is 115 cm³/mol. The Labute approximate surface area is 175 Å². The SMILES string of the molecule is O=C(NCc1nc2ccc(F)cc2[nH]1)[C@@H]1CCN(C[C@@H]2CCCc3ccccc32)C1. The molecule has 0 bridgehead atoms. The molecule has 5 rings (SSSR count). The van der Waals surface area contributed by atoms with Gasteiger partial charge in [0.05, 0.1) is 23.5 Å². The van der Waals surface area contributed by atoms with Crippen LogP contribution in [0.25, 0.3) is 11.0 Å². The number of aryl methyl sites for hydroxylation is 1. The Bertz CT molecular complexity index is 1060. The fourth-order valence-corrected chi connectivity index (χ4v) is 5.00. The molecular weight excluding hydrogens is 379 g/mol. The molecule has 2 aliphatic rings. The molecule has 2 heterocycles. The summed E-state index contributed by atoms with van der Waals surface area (Å²) in [5, 5.41) is 3.00. The van der Waals surface area contributed by atoms with E-state index in [0.29, 0.717) is 29.3 Å². The molecule has 156 valence electrons. The zero-order valence-electron chi connectivity index (χ0n) is 17.0. The molecule has 0 unspecified atom stereocenters. The lowest BCUT2D eigenvalue weighted by Crippen LogP contribution is -2.34. The number of rotatable bonds is 5. The van der Waals surface area contributed by atoms with Crippen LogP contribution in [-0.2, 0) is 17.8 Å². The van der Waals surface area contributed by atoms with E-state index in [4.69, 9.17) is 0 Å². The first-order valence-corrected chi connectivity index (χ1v) is 10.9. The zero-order valence-corrected chi connectivity index (χ0v) is 17.0. The van der Waals surface area contributed by atoms with Crippen LogP contribution in [0.2, 0.25) is 0 Å². The van der Waals surface area contributed by atoms with Gasteiger partial charge in [-0.1, -0.05) is 24.3 Å². The fraction of sp³-hybridized carbons (Fsp3) is 0.417. The van der Waals surface area contributed by atoms with Crippen molar-refractivity contribution in [3.05, 3.63) is 65.2 Å². The Morgan fingerprint density at radius 3 is 3.07 bits per heavy atom. The van der Waals surface area contributed by atoms with Crippen LogP contribution in [0.3, 0.4) is 0 Å². The van der Waals surface area contributed by atoms with Gasteiger partial charge in [0.2, 0.25) is 5.91 Å². The van der Waals surface area contributed by atoms with Gasteiger partial charge in [-0.2, -0.15) is 0 Å². The monoisotopic (exact) mass is 406 g/mol. The number of hydrogen-bond donors (Lipinski definition) is 2. The number of hydrogen-bond acceptors (Lipinski definition) is 3. The molecule has 1 fully saturated rings. The fourth-order valence-electron chi connectivity index (χ4n) is 5.00. The maximum absolute atomic E-state index is 13.3. The first-order valence-electron chi connectivity index (χ1n) is 10.9. The Hall–Kier alpha value is -2.73. The zero-order chi connectivity index (χ0) is 20.5. The number of nitrogens with one attached hydrogen (secondary N) is 2. The molecule has 6 heteroatoms. The van der Waals surface area contributed by atoms with Gasteiger partial charge in [-0.05, 0) is 67.5 Å². The van der Waals surface area contributed by atoms with Gasteiger partial charge >= 0.3 is 0 Å². The van der Waals surface area contributed by atoms with E-state index >= 15 is 0 Å². The Balaban J connectivity index is 1.15. The third-order valence-corrected chi connectivity index (χ3v) is 6.54. The number of aromatic amines is 1. The lowest BCUT2D eigenvalue weighted by molar-refractivity contribution is -0.124. The maximum atomic E-state index is 13.3. The second kappa shape index (κ2) is 8.19. The van der Waals surface area contributed by atoms with Gasteiger partial charge in [0, 0.05) is 13.1 Å². The van der Waals surface area contributed by atoms with Crippen molar-refractivity contribution in [1.29, 1.82) is 0 Å². The van der Waals surface area contributed by atoms with Crippen LogP contribution in [0, 0.1) is 11.7 Å². The lowest BCUT2D eigenvalue weighted by Gasteiger charge is -2.29. The Kier molecular flexibility index (Phi) is 5.25. The summed E-state index contributed by atoms with van der Waals surface area (Å²) in [6.07, 6.45) is 4.57. The minimum absolute atomic E-state index is 0.0191. The molecule has 1 aliphatic carbocycles. The van der Waals surface area contributed by atoms with Gasteiger partial charge in [-0.15, -0.1) is 0 Å². The van der Waals surface area contributed by atoms with E-state index in [2.05, 4.69) is 44.5 Å². The molecule has 2 aromatic carbocycles.